The minimum atomic E-state index is 0.0614. The fourth-order valence-electron chi connectivity index (χ4n) is 2.53. The van der Waals surface area contributed by atoms with Crippen molar-refractivity contribution >= 4 is 5.91 Å². The maximum atomic E-state index is 12.6. The van der Waals surface area contributed by atoms with Gasteiger partial charge in [-0.2, -0.15) is 0 Å². The van der Waals surface area contributed by atoms with Crippen LogP contribution in [0.1, 0.15) is 30.1 Å². The number of aromatic nitrogens is 2. The van der Waals surface area contributed by atoms with Crippen molar-refractivity contribution in [3.8, 4) is 11.8 Å². The van der Waals surface area contributed by atoms with Gasteiger partial charge in [-0.3, -0.25) is 4.79 Å². The van der Waals surface area contributed by atoms with Crippen LogP contribution in [-0.2, 0) is 0 Å². The zero-order valence-corrected chi connectivity index (χ0v) is 12.6. The molecular weight excluding hydrogens is 278 g/mol. The molecule has 5 heteroatoms. The van der Waals surface area contributed by atoms with Crippen LogP contribution in [0.5, 0.6) is 11.8 Å². The minimum absolute atomic E-state index is 0.0614. The van der Waals surface area contributed by atoms with Crippen LogP contribution in [0.15, 0.2) is 42.7 Å². The maximum absolute atomic E-state index is 12.6. The molecule has 2 aromatic rings. The van der Waals surface area contributed by atoms with Crippen LogP contribution in [0, 0.1) is 5.92 Å². The van der Waals surface area contributed by atoms with E-state index in [0.717, 1.165) is 25.9 Å². The number of piperidine rings is 1. The van der Waals surface area contributed by atoms with Gasteiger partial charge in [0.25, 0.3) is 5.91 Å². The number of benzene rings is 1. The molecule has 1 aliphatic heterocycles. The van der Waals surface area contributed by atoms with Crippen LogP contribution in [0.25, 0.3) is 0 Å². The Hall–Kier alpha value is -2.43. The summed E-state index contributed by atoms with van der Waals surface area (Å²) >= 11 is 0. The lowest BCUT2D eigenvalue weighted by atomic mass is 9.98. The van der Waals surface area contributed by atoms with Gasteiger partial charge in [-0.05, 0) is 43.0 Å². The van der Waals surface area contributed by atoms with E-state index in [1.807, 2.05) is 17.0 Å². The minimum Gasteiger partial charge on any atom is -0.424 e. The molecule has 0 saturated carbocycles. The Kier molecular flexibility index (Phi) is 4.32. The molecule has 1 aromatic carbocycles. The second-order valence-corrected chi connectivity index (χ2v) is 5.64. The van der Waals surface area contributed by atoms with E-state index < -0.39 is 0 Å². The second kappa shape index (κ2) is 6.56. The Morgan fingerprint density at radius 1 is 1.18 bits per heavy atom. The van der Waals surface area contributed by atoms with Crippen LogP contribution < -0.4 is 4.74 Å². The number of likely N-dealkylation sites (tertiary alicyclic amines) is 1. The van der Waals surface area contributed by atoms with Gasteiger partial charge in [0, 0.05) is 31.0 Å². The van der Waals surface area contributed by atoms with E-state index in [4.69, 9.17) is 4.74 Å². The third kappa shape index (κ3) is 3.42. The summed E-state index contributed by atoms with van der Waals surface area (Å²) in [5.41, 5.74) is 0.642. The summed E-state index contributed by atoms with van der Waals surface area (Å²) in [4.78, 5) is 22.5. The van der Waals surface area contributed by atoms with E-state index >= 15 is 0 Å². The molecule has 2 heterocycles. The van der Waals surface area contributed by atoms with Crippen LogP contribution in [0.4, 0.5) is 0 Å². The Morgan fingerprint density at radius 2 is 1.91 bits per heavy atom. The zero-order valence-electron chi connectivity index (χ0n) is 12.6. The quantitative estimate of drug-likeness (QED) is 0.873. The molecule has 1 amide bonds. The first-order valence-corrected chi connectivity index (χ1v) is 7.56. The highest BCUT2D eigenvalue weighted by atomic mass is 16.5. The van der Waals surface area contributed by atoms with Gasteiger partial charge in [-0.15, -0.1) is 0 Å². The number of nitrogens with zero attached hydrogens (tertiary/aromatic N) is 3. The molecular formula is C17H19N3O2. The van der Waals surface area contributed by atoms with Gasteiger partial charge in [0.1, 0.15) is 5.75 Å². The van der Waals surface area contributed by atoms with Crippen molar-refractivity contribution < 1.29 is 9.53 Å². The van der Waals surface area contributed by atoms with Crippen LogP contribution in [0.3, 0.4) is 0 Å². The molecule has 0 bridgehead atoms. The van der Waals surface area contributed by atoms with Gasteiger partial charge >= 0.3 is 6.01 Å². The summed E-state index contributed by atoms with van der Waals surface area (Å²) in [6.45, 7) is 3.88. The molecule has 0 radical (unpaired) electrons. The molecule has 0 atom stereocenters. The molecule has 22 heavy (non-hydrogen) atoms. The highest BCUT2D eigenvalue weighted by Gasteiger charge is 2.21. The number of hydrogen-bond acceptors (Lipinski definition) is 4. The van der Waals surface area contributed by atoms with Gasteiger partial charge in [-0.1, -0.05) is 13.0 Å². The SMILES string of the molecule is CC1CCN(C(=O)c2cccc(Oc3ncccn3)c2)CC1. The maximum Gasteiger partial charge on any atom is 0.321 e. The van der Waals surface area contributed by atoms with Gasteiger partial charge in [0.15, 0.2) is 0 Å². The lowest BCUT2D eigenvalue weighted by molar-refractivity contribution is 0.0697. The van der Waals surface area contributed by atoms with Crippen molar-refractivity contribution in [2.24, 2.45) is 5.92 Å². The number of amides is 1. The topological polar surface area (TPSA) is 55.3 Å². The summed E-state index contributed by atoms with van der Waals surface area (Å²) in [6, 6.07) is 9.18. The summed E-state index contributed by atoms with van der Waals surface area (Å²) in [6.07, 6.45) is 5.37. The first-order chi connectivity index (χ1) is 10.7. The number of carbonyl (C=O) groups is 1. The van der Waals surface area contributed by atoms with E-state index in [1.54, 1.807) is 30.6 Å². The van der Waals surface area contributed by atoms with Crippen molar-refractivity contribution in [3.63, 3.8) is 0 Å². The molecule has 1 saturated heterocycles. The first-order valence-electron chi connectivity index (χ1n) is 7.56. The average Bonchev–Trinajstić information content (AvgIpc) is 2.56. The molecule has 1 aliphatic rings. The van der Waals surface area contributed by atoms with Crippen LogP contribution in [0.2, 0.25) is 0 Å². The van der Waals surface area contributed by atoms with E-state index in [-0.39, 0.29) is 11.9 Å². The molecule has 3 rings (SSSR count). The van der Waals surface area contributed by atoms with E-state index in [2.05, 4.69) is 16.9 Å². The van der Waals surface area contributed by atoms with Crippen molar-refractivity contribution in [2.45, 2.75) is 19.8 Å². The van der Waals surface area contributed by atoms with E-state index in [9.17, 15) is 4.79 Å². The lowest BCUT2D eigenvalue weighted by Crippen LogP contribution is -2.37. The van der Waals surface area contributed by atoms with Gasteiger partial charge < -0.3 is 9.64 Å². The Balaban J connectivity index is 1.72. The standard InChI is InChI=1S/C17H19N3O2/c1-13-6-10-20(11-7-13)16(21)14-4-2-5-15(12-14)22-17-18-8-3-9-19-17/h2-5,8-9,12-13H,6-7,10-11H2,1H3. The van der Waals surface area contributed by atoms with Gasteiger partial charge in [-0.25, -0.2) is 9.97 Å². The van der Waals surface area contributed by atoms with Crippen LogP contribution in [-0.4, -0.2) is 33.9 Å². The average molecular weight is 297 g/mol. The van der Waals surface area contributed by atoms with Crippen molar-refractivity contribution in [1.29, 1.82) is 0 Å². The summed E-state index contributed by atoms with van der Waals surface area (Å²) < 4.78 is 5.58. The predicted octanol–water partition coefficient (Wildman–Crippen LogP) is 3.14. The molecule has 0 unspecified atom stereocenters. The predicted molar refractivity (Wildman–Crippen MR) is 82.8 cm³/mol. The number of carbonyl (C=O) groups excluding carboxylic acids is 1. The molecule has 5 nitrogen and oxygen atoms in total. The summed E-state index contributed by atoms with van der Waals surface area (Å²) in [5, 5.41) is 0. The van der Waals surface area contributed by atoms with Crippen molar-refractivity contribution in [3.05, 3.63) is 48.3 Å². The molecule has 1 fully saturated rings. The lowest BCUT2D eigenvalue weighted by Gasteiger charge is -2.30. The molecule has 1 aromatic heterocycles. The largest absolute Gasteiger partial charge is 0.424 e. The molecule has 0 spiro atoms. The monoisotopic (exact) mass is 297 g/mol. The molecule has 114 valence electrons. The fraction of sp³-hybridized carbons (Fsp3) is 0.353. The number of hydrogen-bond donors (Lipinski definition) is 0. The first kappa shape index (κ1) is 14.5. The fourth-order valence-corrected chi connectivity index (χ4v) is 2.53. The molecule has 0 aliphatic carbocycles. The number of rotatable bonds is 3. The smallest absolute Gasteiger partial charge is 0.321 e. The van der Waals surface area contributed by atoms with Crippen LogP contribution >= 0.6 is 0 Å². The highest BCUT2D eigenvalue weighted by Crippen LogP contribution is 2.22. The second-order valence-electron chi connectivity index (χ2n) is 5.64. The molecule has 0 N–H and O–H groups in total. The van der Waals surface area contributed by atoms with E-state index in [0.29, 0.717) is 17.2 Å². The zero-order chi connectivity index (χ0) is 15.4. The summed E-state index contributed by atoms with van der Waals surface area (Å²) in [5.74, 6) is 1.34. The van der Waals surface area contributed by atoms with E-state index in [1.165, 1.54) is 0 Å². The summed E-state index contributed by atoms with van der Waals surface area (Å²) in [7, 11) is 0. The Bertz CT molecular complexity index is 637. The normalized spacial score (nSPS) is 15.6. The Labute approximate surface area is 130 Å². The third-order valence-corrected chi connectivity index (χ3v) is 3.90. The van der Waals surface area contributed by atoms with Gasteiger partial charge in [0.2, 0.25) is 0 Å². The Morgan fingerprint density at radius 3 is 2.64 bits per heavy atom. The van der Waals surface area contributed by atoms with Crippen molar-refractivity contribution in [2.75, 3.05) is 13.1 Å². The van der Waals surface area contributed by atoms with Crippen molar-refractivity contribution in [1.82, 2.24) is 14.9 Å². The highest BCUT2D eigenvalue weighted by molar-refractivity contribution is 5.94. The van der Waals surface area contributed by atoms with Gasteiger partial charge in [0.05, 0.1) is 0 Å². The third-order valence-electron chi connectivity index (χ3n) is 3.90. The number of ether oxygens (including phenoxy) is 1.